The van der Waals surface area contributed by atoms with Crippen LogP contribution in [0.2, 0.25) is 5.02 Å². The van der Waals surface area contributed by atoms with Crippen molar-refractivity contribution >= 4 is 21.6 Å². The summed E-state index contributed by atoms with van der Waals surface area (Å²) in [6.07, 6.45) is 2.78. The number of hydrogen-bond acceptors (Lipinski definition) is 4. The molecule has 0 aliphatic rings. The Balaban J connectivity index is 2.18. The van der Waals surface area contributed by atoms with Crippen molar-refractivity contribution in [3.05, 3.63) is 47.2 Å². The van der Waals surface area contributed by atoms with Crippen molar-refractivity contribution in [3.8, 4) is 0 Å². The third-order valence-electron chi connectivity index (χ3n) is 3.35. The predicted octanol–water partition coefficient (Wildman–Crippen LogP) is 1.65. The smallest absolute Gasteiger partial charge is 0.243 e. The molecule has 22 heavy (non-hydrogen) atoms. The van der Waals surface area contributed by atoms with Crippen LogP contribution in [-0.2, 0) is 17.1 Å². The fraction of sp³-hybridized carbons (Fsp3) is 0.357. The van der Waals surface area contributed by atoms with Crippen molar-refractivity contribution in [1.82, 2.24) is 19.4 Å². The molecule has 0 fully saturated rings. The SMILES string of the molecule is CN(C)C(CNS(=O)(=O)c1cnn(C)c1)c1ccccc1Cl. The summed E-state index contributed by atoms with van der Waals surface area (Å²) in [7, 11) is 1.84. The molecule has 0 saturated heterocycles. The van der Waals surface area contributed by atoms with Crippen molar-refractivity contribution in [2.45, 2.75) is 10.9 Å². The minimum absolute atomic E-state index is 0.145. The maximum Gasteiger partial charge on any atom is 0.243 e. The van der Waals surface area contributed by atoms with Gasteiger partial charge in [0.2, 0.25) is 10.0 Å². The van der Waals surface area contributed by atoms with E-state index in [9.17, 15) is 8.42 Å². The van der Waals surface area contributed by atoms with E-state index in [2.05, 4.69) is 9.82 Å². The molecule has 0 aliphatic heterocycles. The molecule has 2 rings (SSSR count). The molecule has 6 nitrogen and oxygen atoms in total. The monoisotopic (exact) mass is 342 g/mol. The van der Waals surface area contributed by atoms with Gasteiger partial charge < -0.3 is 4.90 Å². The van der Waals surface area contributed by atoms with Crippen LogP contribution in [0.4, 0.5) is 0 Å². The minimum Gasteiger partial charge on any atom is -0.301 e. The normalized spacial score (nSPS) is 13.5. The molecule has 1 aromatic carbocycles. The van der Waals surface area contributed by atoms with Gasteiger partial charge in [0, 0.05) is 30.9 Å². The first-order valence-electron chi connectivity index (χ1n) is 6.70. The summed E-state index contributed by atoms with van der Waals surface area (Å²) >= 11 is 6.22. The maximum atomic E-state index is 12.3. The van der Waals surface area contributed by atoms with Crippen LogP contribution in [0.15, 0.2) is 41.6 Å². The quantitative estimate of drug-likeness (QED) is 0.867. The lowest BCUT2D eigenvalue weighted by Gasteiger charge is -2.25. The van der Waals surface area contributed by atoms with E-state index in [0.29, 0.717) is 5.02 Å². The number of nitrogens with zero attached hydrogens (tertiary/aromatic N) is 3. The molecule has 0 radical (unpaired) electrons. The minimum atomic E-state index is -3.59. The summed E-state index contributed by atoms with van der Waals surface area (Å²) in [4.78, 5) is 2.07. The highest BCUT2D eigenvalue weighted by atomic mass is 35.5. The van der Waals surface area contributed by atoms with Crippen LogP contribution in [0.5, 0.6) is 0 Å². The summed E-state index contributed by atoms with van der Waals surface area (Å²) in [5.41, 5.74) is 0.878. The number of rotatable bonds is 6. The van der Waals surface area contributed by atoms with Crippen molar-refractivity contribution in [2.75, 3.05) is 20.6 Å². The molecule has 120 valence electrons. The third kappa shape index (κ3) is 3.86. The van der Waals surface area contributed by atoms with E-state index in [1.165, 1.54) is 17.1 Å². The molecule has 1 N–H and O–H groups in total. The van der Waals surface area contributed by atoms with E-state index in [1.807, 2.05) is 37.2 Å². The molecule has 0 amide bonds. The number of likely N-dealkylation sites (N-methyl/N-ethyl adjacent to an activating group) is 1. The standard InChI is InChI=1S/C14H19ClN4O2S/c1-18(2)14(12-6-4-5-7-13(12)15)9-17-22(20,21)11-8-16-19(3)10-11/h4-8,10,14,17H,9H2,1-3H3. The van der Waals surface area contributed by atoms with Crippen LogP contribution >= 0.6 is 11.6 Å². The lowest BCUT2D eigenvalue weighted by atomic mass is 10.1. The van der Waals surface area contributed by atoms with Gasteiger partial charge in [0.15, 0.2) is 0 Å². The van der Waals surface area contributed by atoms with Gasteiger partial charge in [-0.25, -0.2) is 13.1 Å². The van der Waals surface area contributed by atoms with Crippen LogP contribution in [0.25, 0.3) is 0 Å². The van der Waals surface area contributed by atoms with Crippen molar-refractivity contribution in [1.29, 1.82) is 0 Å². The summed E-state index contributed by atoms with van der Waals surface area (Å²) in [6.45, 7) is 0.216. The Labute approximate surface area is 135 Å². The molecule has 0 aliphatic carbocycles. The van der Waals surface area contributed by atoms with Crippen molar-refractivity contribution in [3.63, 3.8) is 0 Å². The number of benzene rings is 1. The molecule has 1 heterocycles. The fourth-order valence-corrected chi connectivity index (χ4v) is 3.41. The van der Waals surface area contributed by atoms with E-state index in [4.69, 9.17) is 11.6 Å². The number of halogens is 1. The van der Waals surface area contributed by atoms with Gasteiger partial charge in [-0.05, 0) is 25.7 Å². The van der Waals surface area contributed by atoms with Gasteiger partial charge in [0.25, 0.3) is 0 Å². The molecule has 0 spiro atoms. The molecule has 1 atom stereocenters. The first-order chi connectivity index (χ1) is 10.3. The number of aryl methyl sites for hydroxylation is 1. The van der Waals surface area contributed by atoms with Crippen LogP contribution in [0.1, 0.15) is 11.6 Å². The lowest BCUT2D eigenvalue weighted by Crippen LogP contribution is -2.34. The number of sulfonamides is 1. The average molecular weight is 343 g/mol. The summed E-state index contributed by atoms with van der Waals surface area (Å²) in [5.74, 6) is 0. The van der Waals surface area contributed by atoms with Crippen LogP contribution < -0.4 is 4.72 Å². The van der Waals surface area contributed by atoms with Crippen LogP contribution in [0, 0.1) is 0 Å². The van der Waals surface area contributed by atoms with E-state index in [-0.39, 0.29) is 17.5 Å². The second-order valence-electron chi connectivity index (χ2n) is 5.20. The molecule has 0 saturated carbocycles. The molecule has 2 aromatic rings. The zero-order chi connectivity index (χ0) is 16.3. The Morgan fingerprint density at radius 1 is 1.36 bits per heavy atom. The highest BCUT2D eigenvalue weighted by Crippen LogP contribution is 2.25. The average Bonchev–Trinajstić information content (AvgIpc) is 2.88. The van der Waals surface area contributed by atoms with E-state index < -0.39 is 10.0 Å². The fourth-order valence-electron chi connectivity index (χ4n) is 2.13. The Morgan fingerprint density at radius 2 is 2.05 bits per heavy atom. The Morgan fingerprint density at radius 3 is 2.59 bits per heavy atom. The Hall–Kier alpha value is -1.41. The maximum absolute atomic E-state index is 12.3. The summed E-state index contributed by atoms with van der Waals surface area (Å²) < 4.78 is 28.6. The largest absolute Gasteiger partial charge is 0.301 e. The Kier molecular flexibility index (Phi) is 5.23. The van der Waals surface area contributed by atoms with Gasteiger partial charge >= 0.3 is 0 Å². The van der Waals surface area contributed by atoms with Crippen molar-refractivity contribution in [2.24, 2.45) is 7.05 Å². The highest BCUT2D eigenvalue weighted by molar-refractivity contribution is 7.89. The highest BCUT2D eigenvalue weighted by Gasteiger charge is 2.22. The zero-order valence-electron chi connectivity index (χ0n) is 12.7. The summed E-state index contributed by atoms with van der Waals surface area (Å²) in [5, 5.41) is 4.50. The second-order valence-corrected chi connectivity index (χ2v) is 7.38. The van der Waals surface area contributed by atoms with Crippen LogP contribution in [0.3, 0.4) is 0 Å². The first-order valence-corrected chi connectivity index (χ1v) is 8.56. The van der Waals surface area contributed by atoms with Gasteiger partial charge in [0.1, 0.15) is 4.90 Å². The van der Waals surface area contributed by atoms with Gasteiger partial charge in [-0.3, -0.25) is 4.68 Å². The molecular formula is C14H19ClN4O2S. The lowest BCUT2D eigenvalue weighted by molar-refractivity contribution is 0.299. The van der Waals surface area contributed by atoms with E-state index in [1.54, 1.807) is 13.1 Å². The van der Waals surface area contributed by atoms with Gasteiger partial charge in [-0.2, -0.15) is 5.10 Å². The molecule has 0 bridgehead atoms. The van der Waals surface area contributed by atoms with Crippen molar-refractivity contribution < 1.29 is 8.42 Å². The topological polar surface area (TPSA) is 67.2 Å². The summed E-state index contributed by atoms with van der Waals surface area (Å²) in [6, 6.07) is 7.25. The Bertz CT molecular complexity index is 743. The van der Waals surface area contributed by atoms with Crippen LogP contribution in [-0.4, -0.2) is 43.7 Å². The second kappa shape index (κ2) is 6.78. The number of hydrogen-bond donors (Lipinski definition) is 1. The molecular weight excluding hydrogens is 324 g/mol. The zero-order valence-corrected chi connectivity index (χ0v) is 14.3. The molecule has 1 unspecified atom stereocenters. The van der Waals surface area contributed by atoms with E-state index >= 15 is 0 Å². The molecule has 8 heteroatoms. The van der Waals surface area contributed by atoms with Gasteiger partial charge in [0.05, 0.1) is 6.20 Å². The predicted molar refractivity (Wildman–Crippen MR) is 86.3 cm³/mol. The van der Waals surface area contributed by atoms with Gasteiger partial charge in [-0.15, -0.1) is 0 Å². The number of nitrogens with one attached hydrogen (secondary N) is 1. The number of aromatic nitrogens is 2. The van der Waals surface area contributed by atoms with E-state index in [0.717, 1.165) is 5.56 Å². The van der Waals surface area contributed by atoms with Gasteiger partial charge in [-0.1, -0.05) is 29.8 Å². The first kappa shape index (κ1) is 17.0. The third-order valence-corrected chi connectivity index (χ3v) is 5.07. The molecule has 1 aromatic heterocycles.